The van der Waals surface area contributed by atoms with Crippen LogP contribution in [0.15, 0.2) is 23.0 Å². The lowest BCUT2D eigenvalue weighted by atomic mass is 10.2. The molecule has 0 aliphatic carbocycles. The summed E-state index contributed by atoms with van der Waals surface area (Å²) >= 11 is 0. The third kappa shape index (κ3) is 5.22. The molecule has 0 spiro atoms. The third-order valence-electron chi connectivity index (χ3n) is 1.90. The maximum Gasteiger partial charge on any atom is 0.233 e. The fraction of sp³-hybridized carbons (Fsp3) is 0.545. The van der Waals surface area contributed by atoms with Crippen LogP contribution in [0.2, 0.25) is 0 Å². The van der Waals surface area contributed by atoms with Crippen molar-refractivity contribution < 1.29 is 9.21 Å². The molecule has 1 rings (SSSR count). The van der Waals surface area contributed by atoms with E-state index >= 15 is 0 Å². The molecule has 0 radical (unpaired) electrons. The van der Waals surface area contributed by atoms with Crippen LogP contribution in [-0.2, 0) is 11.3 Å². The number of carbonyl (C=O) groups is 1. The average Bonchev–Trinajstić information content (AvgIpc) is 2.67. The Labute approximate surface area is 90.0 Å². The van der Waals surface area contributed by atoms with Crippen LogP contribution in [-0.4, -0.2) is 19.0 Å². The summed E-state index contributed by atoms with van der Waals surface area (Å²) in [6.45, 7) is 5.87. The number of furan rings is 1. The zero-order valence-corrected chi connectivity index (χ0v) is 9.25. The van der Waals surface area contributed by atoms with E-state index in [2.05, 4.69) is 24.5 Å². The monoisotopic (exact) mass is 210 g/mol. The minimum absolute atomic E-state index is 0.0344. The number of rotatable bonds is 6. The first-order valence-electron chi connectivity index (χ1n) is 5.17. The molecule has 4 heteroatoms. The number of hydrogen-bond acceptors (Lipinski definition) is 3. The smallest absolute Gasteiger partial charge is 0.233 e. The minimum atomic E-state index is 0.0344. The van der Waals surface area contributed by atoms with E-state index in [0.29, 0.717) is 19.0 Å². The Morgan fingerprint density at radius 3 is 2.93 bits per heavy atom. The van der Waals surface area contributed by atoms with Crippen LogP contribution < -0.4 is 10.6 Å². The Balaban J connectivity index is 2.07. The Morgan fingerprint density at radius 1 is 1.53 bits per heavy atom. The van der Waals surface area contributed by atoms with Gasteiger partial charge in [0.1, 0.15) is 0 Å². The predicted octanol–water partition coefficient (Wildman–Crippen LogP) is 1.14. The molecule has 0 aliphatic rings. The maximum absolute atomic E-state index is 11.3. The summed E-state index contributed by atoms with van der Waals surface area (Å²) in [4.78, 5) is 11.3. The van der Waals surface area contributed by atoms with Gasteiger partial charge in [-0.2, -0.15) is 0 Å². The van der Waals surface area contributed by atoms with Gasteiger partial charge in [-0.05, 0) is 12.0 Å². The van der Waals surface area contributed by atoms with E-state index in [1.165, 1.54) is 0 Å². The molecule has 0 saturated carbocycles. The Kier molecular flexibility index (Phi) is 4.90. The Hall–Kier alpha value is -1.29. The molecule has 1 heterocycles. The largest absolute Gasteiger partial charge is 0.472 e. The van der Waals surface area contributed by atoms with Gasteiger partial charge in [0.05, 0.1) is 19.1 Å². The lowest BCUT2D eigenvalue weighted by molar-refractivity contribution is -0.120. The van der Waals surface area contributed by atoms with Crippen molar-refractivity contribution in [2.24, 2.45) is 5.92 Å². The number of hydrogen-bond donors (Lipinski definition) is 2. The van der Waals surface area contributed by atoms with Gasteiger partial charge in [-0.25, -0.2) is 0 Å². The van der Waals surface area contributed by atoms with Crippen molar-refractivity contribution in [2.75, 3.05) is 13.1 Å². The van der Waals surface area contributed by atoms with Crippen LogP contribution in [0, 0.1) is 5.92 Å². The SMILES string of the molecule is CC(C)CNC(=O)CNCc1ccoc1. The first-order chi connectivity index (χ1) is 7.18. The van der Waals surface area contributed by atoms with Gasteiger partial charge >= 0.3 is 0 Å². The molecular weight excluding hydrogens is 192 g/mol. The van der Waals surface area contributed by atoms with Gasteiger partial charge in [0.2, 0.25) is 5.91 Å². The molecule has 1 aromatic rings. The van der Waals surface area contributed by atoms with Crippen molar-refractivity contribution in [3.8, 4) is 0 Å². The molecule has 0 fully saturated rings. The number of amides is 1. The highest BCUT2D eigenvalue weighted by atomic mass is 16.3. The lowest BCUT2D eigenvalue weighted by Crippen LogP contribution is -2.35. The highest BCUT2D eigenvalue weighted by molar-refractivity contribution is 5.77. The summed E-state index contributed by atoms with van der Waals surface area (Å²) in [5.41, 5.74) is 1.05. The molecule has 84 valence electrons. The maximum atomic E-state index is 11.3. The lowest BCUT2D eigenvalue weighted by Gasteiger charge is -2.07. The topological polar surface area (TPSA) is 54.3 Å². The summed E-state index contributed by atoms with van der Waals surface area (Å²) in [5, 5.41) is 5.88. The van der Waals surface area contributed by atoms with Crippen molar-refractivity contribution in [2.45, 2.75) is 20.4 Å². The molecule has 2 N–H and O–H groups in total. The third-order valence-corrected chi connectivity index (χ3v) is 1.90. The Morgan fingerprint density at radius 2 is 2.33 bits per heavy atom. The zero-order valence-electron chi connectivity index (χ0n) is 9.25. The van der Waals surface area contributed by atoms with Crippen molar-refractivity contribution in [3.05, 3.63) is 24.2 Å². The fourth-order valence-corrected chi connectivity index (χ4v) is 1.09. The fourth-order valence-electron chi connectivity index (χ4n) is 1.09. The molecule has 0 aliphatic heterocycles. The normalized spacial score (nSPS) is 10.6. The number of nitrogens with one attached hydrogen (secondary N) is 2. The number of carbonyl (C=O) groups excluding carboxylic acids is 1. The van der Waals surface area contributed by atoms with Crippen LogP contribution in [0.1, 0.15) is 19.4 Å². The Bertz CT molecular complexity index is 281. The van der Waals surface area contributed by atoms with E-state index in [-0.39, 0.29) is 5.91 Å². The van der Waals surface area contributed by atoms with E-state index in [1.54, 1.807) is 12.5 Å². The van der Waals surface area contributed by atoms with Gasteiger partial charge in [-0.1, -0.05) is 13.8 Å². The second-order valence-electron chi connectivity index (χ2n) is 3.93. The van der Waals surface area contributed by atoms with Gasteiger partial charge in [0.15, 0.2) is 0 Å². The standard InChI is InChI=1S/C11H18N2O2/c1-9(2)5-13-11(14)7-12-6-10-3-4-15-8-10/h3-4,8-9,12H,5-7H2,1-2H3,(H,13,14). The summed E-state index contributed by atoms with van der Waals surface area (Å²) in [5.74, 6) is 0.523. The first kappa shape index (κ1) is 11.8. The molecule has 1 aromatic heterocycles. The van der Waals surface area contributed by atoms with Crippen LogP contribution >= 0.6 is 0 Å². The van der Waals surface area contributed by atoms with Crippen molar-refractivity contribution in [1.82, 2.24) is 10.6 Å². The molecule has 15 heavy (non-hydrogen) atoms. The van der Waals surface area contributed by atoms with E-state index in [0.717, 1.165) is 12.1 Å². The van der Waals surface area contributed by atoms with E-state index in [4.69, 9.17) is 4.42 Å². The van der Waals surface area contributed by atoms with Crippen LogP contribution in [0.4, 0.5) is 0 Å². The molecule has 0 atom stereocenters. The molecule has 4 nitrogen and oxygen atoms in total. The van der Waals surface area contributed by atoms with Gasteiger partial charge in [0.25, 0.3) is 0 Å². The second-order valence-corrected chi connectivity index (χ2v) is 3.93. The summed E-state index contributed by atoms with van der Waals surface area (Å²) in [6, 6.07) is 1.87. The molecule has 0 unspecified atom stereocenters. The minimum Gasteiger partial charge on any atom is -0.472 e. The quantitative estimate of drug-likeness (QED) is 0.740. The van der Waals surface area contributed by atoms with Crippen molar-refractivity contribution in [3.63, 3.8) is 0 Å². The molecule has 0 saturated heterocycles. The van der Waals surface area contributed by atoms with Gasteiger partial charge in [-0.15, -0.1) is 0 Å². The predicted molar refractivity (Wildman–Crippen MR) is 58.3 cm³/mol. The summed E-state index contributed by atoms with van der Waals surface area (Å²) < 4.78 is 4.91. The van der Waals surface area contributed by atoms with Crippen LogP contribution in [0.25, 0.3) is 0 Å². The highest BCUT2D eigenvalue weighted by Crippen LogP contribution is 1.97. The van der Waals surface area contributed by atoms with Crippen LogP contribution in [0.5, 0.6) is 0 Å². The van der Waals surface area contributed by atoms with Crippen molar-refractivity contribution >= 4 is 5.91 Å². The van der Waals surface area contributed by atoms with Gasteiger partial charge < -0.3 is 15.1 Å². The molecule has 0 aromatic carbocycles. The van der Waals surface area contributed by atoms with E-state index in [9.17, 15) is 4.79 Å². The van der Waals surface area contributed by atoms with Gasteiger partial charge in [0, 0.05) is 18.7 Å². The van der Waals surface area contributed by atoms with Crippen molar-refractivity contribution in [1.29, 1.82) is 0 Å². The van der Waals surface area contributed by atoms with Crippen LogP contribution in [0.3, 0.4) is 0 Å². The van der Waals surface area contributed by atoms with E-state index in [1.807, 2.05) is 6.07 Å². The highest BCUT2D eigenvalue weighted by Gasteiger charge is 2.01. The average molecular weight is 210 g/mol. The summed E-state index contributed by atoms with van der Waals surface area (Å²) in [7, 11) is 0. The van der Waals surface area contributed by atoms with Gasteiger partial charge in [-0.3, -0.25) is 4.79 Å². The molecule has 0 bridgehead atoms. The first-order valence-corrected chi connectivity index (χ1v) is 5.17. The molecular formula is C11H18N2O2. The molecule has 1 amide bonds. The second kappa shape index (κ2) is 6.24. The van der Waals surface area contributed by atoms with E-state index < -0.39 is 0 Å². The zero-order chi connectivity index (χ0) is 11.1. The summed E-state index contributed by atoms with van der Waals surface area (Å²) in [6.07, 6.45) is 3.29.